The number of benzene rings is 1. The summed E-state index contributed by atoms with van der Waals surface area (Å²) >= 11 is 0. The molecule has 1 atom stereocenters. The van der Waals surface area contributed by atoms with E-state index in [4.69, 9.17) is 5.73 Å². The van der Waals surface area contributed by atoms with Gasteiger partial charge in [-0.2, -0.15) is 0 Å². The van der Waals surface area contributed by atoms with Crippen LogP contribution in [0.5, 0.6) is 0 Å². The van der Waals surface area contributed by atoms with Crippen molar-refractivity contribution in [2.45, 2.75) is 19.0 Å². The molecule has 1 saturated heterocycles. The molecule has 2 fully saturated rings. The van der Waals surface area contributed by atoms with Gasteiger partial charge in [-0.3, -0.25) is 14.4 Å². The summed E-state index contributed by atoms with van der Waals surface area (Å²) in [5.74, 6) is -3.32. The molecule has 140 valence electrons. The minimum atomic E-state index is -1.14. The first-order valence-corrected chi connectivity index (χ1v) is 8.47. The minimum absolute atomic E-state index is 0.107. The van der Waals surface area contributed by atoms with Crippen LogP contribution in [0.25, 0.3) is 0 Å². The van der Waals surface area contributed by atoms with E-state index in [1.807, 2.05) is 0 Å². The molecule has 1 aromatic carbocycles. The van der Waals surface area contributed by atoms with E-state index in [0.29, 0.717) is 6.07 Å². The Morgan fingerprint density at radius 3 is 2.27 bits per heavy atom. The number of hydrogen-bond acceptors (Lipinski definition) is 4. The molecule has 3 amide bonds. The molecule has 1 heterocycles. The Morgan fingerprint density at radius 1 is 1.08 bits per heavy atom. The molecule has 2 aliphatic rings. The monoisotopic (exact) mass is 366 g/mol. The number of nitrogens with zero attached hydrogens (tertiary/aromatic N) is 2. The van der Waals surface area contributed by atoms with Crippen LogP contribution in [0.3, 0.4) is 0 Å². The number of amides is 3. The van der Waals surface area contributed by atoms with Crippen molar-refractivity contribution in [2.75, 3.05) is 26.2 Å². The van der Waals surface area contributed by atoms with Crippen LogP contribution in [-0.4, -0.2) is 59.9 Å². The maximum atomic E-state index is 13.4. The third kappa shape index (κ3) is 3.67. The average molecular weight is 366 g/mol. The predicted octanol–water partition coefficient (Wildman–Crippen LogP) is 0.0602. The molecule has 3 rings (SSSR count). The largest absolute Gasteiger partial charge is 0.351 e. The fourth-order valence-electron chi connectivity index (χ4n) is 3.05. The molecule has 9 heteroatoms. The molecular weight excluding hydrogens is 346 g/mol. The van der Waals surface area contributed by atoms with Gasteiger partial charge in [0.15, 0.2) is 6.17 Å². The molecule has 3 N–H and O–H groups in total. The van der Waals surface area contributed by atoms with Gasteiger partial charge in [-0.15, -0.1) is 0 Å². The summed E-state index contributed by atoms with van der Waals surface area (Å²) in [7, 11) is 0. The summed E-state index contributed by atoms with van der Waals surface area (Å²) < 4.78 is 26.9. The van der Waals surface area contributed by atoms with Crippen LogP contribution >= 0.6 is 0 Å². The molecule has 0 bridgehead atoms. The highest BCUT2D eigenvalue weighted by atomic mass is 19.1. The fraction of sp³-hybridized carbons (Fsp3) is 0.471. The van der Waals surface area contributed by atoms with Gasteiger partial charge in [-0.1, -0.05) is 0 Å². The lowest BCUT2D eigenvalue weighted by Gasteiger charge is -2.29. The van der Waals surface area contributed by atoms with Gasteiger partial charge >= 0.3 is 0 Å². The Hall–Kier alpha value is -2.55. The average Bonchev–Trinajstić information content (AvgIpc) is 3.35. The topological polar surface area (TPSA) is 95.7 Å². The van der Waals surface area contributed by atoms with Crippen molar-refractivity contribution in [3.8, 4) is 0 Å². The number of carbonyl (C=O) groups excluding carboxylic acids is 3. The molecule has 1 aliphatic heterocycles. The van der Waals surface area contributed by atoms with Gasteiger partial charge in [-0.05, 0) is 25.0 Å². The van der Waals surface area contributed by atoms with Gasteiger partial charge in [0.05, 0.1) is 0 Å². The van der Waals surface area contributed by atoms with Crippen LogP contribution in [-0.2, 0) is 9.59 Å². The molecule has 1 aliphatic carbocycles. The number of nitrogens with two attached hydrogens (primary N) is 1. The lowest BCUT2D eigenvalue weighted by Crippen LogP contribution is -2.54. The molecule has 1 unspecified atom stereocenters. The van der Waals surface area contributed by atoms with Crippen LogP contribution in [0, 0.1) is 17.6 Å². The maximum Gasteiger partial charge on any atom is 0.263 e. The summed E-state index contributed by atoms with van der Waals surface area (Å²) in [6.07, 6.45) is 0.374. The van der Waals surface area contributed by atoms with Crippen LogP contribution in [0.1, 0.15) is 23.2 Å². The van der Waals surface area contributed by atoms with E-state index in [0.717, 1.165) is 25.0 Å². The summed E-state index contributed by atoms with van der Waals surface area (Å²) in [5.41, 5.74) is 5.18. The van der Waals surface area contributed by atoms with E-state index in [-0.39, 0.29) is 43.6 Å². The zero-order chi connectivity index (χ0) is 18.8. The minimum Gasteiger partial charge on any atom is -0.351 e. The highest BCUT2D eigenvalue weighted by Gasteiger charge is 2.46. The van der Waals surface area contributed by atoms with E-state index in [1.165, 1.54) is 9.80 Å². The van der Waals surface area contributed by atoms with Crippen molar-refractivity contribution >= 4 is 17.7 Å². The second-order valence-electron chi connectivity index (χ2n) is 6.42. The summed E-state index contributed by atoms with van der Waals surface area (Å²) in [6, 6.07) is 2.48. The molecule has 1 saturated carbocycles. The van der Waals surface area contributed by atoms with Gasteiger partial charge in [0.1, 0.15) is 11.6 Å². The lowest BCUT2D eigenvalue weighted by molar-refractivity contribution is -0.142. The van der Waals surface area contributed by atoms with E-state index < -0.39 is 29.6 Å². The van der Waals surface area contributed by atoms with Crippen molar-refractivity contribution in [1.82, 2.24) is 15.1 Å². The second-order valence-corrected chi connectivity index (χ2v) is 6.42. The number of carbonyl (C=O) groups is 3. The van der Waals surface area contributed by atoms with Crippen LogP contribution in [0.15, 0.2) is 18.2 Å². The third-order valence-corrected chi connectivity index (χ3v) is 4.43. The summed E-state index contributed by atoms with van der Waals surface area (Å²) in [5, 5.41) is 2.58. The van der Waals surface area contributed by atoms with E-state index in [9.17, 15) is 23.2 Å². The van der Waals surface area contributed by atoms with Gasteiger partial charge in [0, 0.05) is 43.7 Å². The SMILES string of the molecule is NCCNC(=O)C1N(C(=O)c2cc(F)cc(F)c2)CCN1C(=O)C1CC1. The zero-order valence-corrected chi connectivity index (χ0v) is 14.1. The highest BCUT2D eigenvalue weighted by Crippen LogP contribution is 2.33. The first-order chi connectivity index (χ1) is 12.4. The molecule has 7 nitrogen and oxygen atoms in total. The standard InChI is InChI=1S/C17H20F2N4O3/c18-12-7-11(8-13(19)9-12)17(26)23-6-5-22(16(25)10-1-2-10)15(23)14(24)21-4-3-20/h7-10,15H,1-6,20H2,(H,21,24). The Kier molecular flexibility index (Phi) is 5.17. The quantitative estimate of drug-likeness (QED) is 0.770. The highest BCUT2D eigenvalue weighted by molar-refractivity contribution is 5.99. The Morgan fingerprint density at radius 2 is 1.69 bits per heavy atom. The van der Waals surface area contributed by atoms with Gasteiger partial charge < -0.3 is 20.9 Å². The second kappa shape index (κ2) is 7.36. The Bertz CT molecular complexity index is 718. The van der Waals surface area contributed by atoms with Crippen molar-refractivity contribution in [2.24, 2.45) is 11.7 Å². The van der Waals surface area contributed by atoms with Crippen LogP contribution < -0.4 is 11.1 Å². The lowest BCUT2D eigenvalue weighted by atomic mass is 10.1. The first-order valence-electron chi connectivity index (χ1n) is 8.47. The third-order valence-electron chi connectivity index (χ3n) is 4.43. The number of halogens is 2. The molecule has 0 aromatic heterocycles. The van der Waals surface area contributed by atoms with Gasteiger partial charge in [0.25, 0.3) is 11.8 Å². The van der Waals surface area contributed by atoms with E-state index in [1.54, 1.807) is 0 Å². The first kappa shape index (κ1) is 18.2. The van der Waals surface area contributed by atoms with Crippen molar-refractivity contribution in [3.63, 3.8) is 0 Å². The zero-order valence-electron chi connectivity index (χ0n) is 14.1. The maximum absolute atomic E-state index is 13.4. The number of hydrogen-bond donors (Lipinski definition) is 2. The Balaban J connectivity index is 1.86. The van der Waals surface area contributed by atoms with Gasteiger partial charge in [0.2, 0.25) is 5.91 Å². The molecular formula is C17H20F2N4O3. The van der Waals surface area contributed by atoms with Gasteiger partial charge in [-0.25, -0.2) is 8.78 Å². The molecule has 1 aromatic rings. The summed E-state index contributed by atoms with van der Waals surface area (Å²) in [4.78, 5) is 40.3. The molecule has 26 heavy (non-hydrogen) atoms. The molecule has 0 radical (unpaired) electrons. The smallest absolute Gasteiger partial charge is 0.263 e. The van der Waals surface area contributed by atoms with E-state index in [2.05, 4.69) is 5.32 Å². The summed E-state index contributed by atoms with van der Waals surface area (Å²) in [6.45, 7) is 0.700. The predicted molar refractivity (Wildman–Crippen MR) is 87.7 cm³/mol. The fourth-order valence-corrected chi connectivity index (χ4v) is 3.05. The Labute approximate surface area is 149 Å². The number of rotatable bonds is 5. The van der Waals surface area contributed by atoms with Crippen molar-refractivity contribution in [1.29, 1.82) is 0 Å². The number of nitrogens with one attached hydrogen (secondary N) is 1. The normalized spacial score (nSPS) is 19.6. The van der Waals surface area contributed by atoms with Crippen LogP contribution in [0.2, 0.25) is 0 Å². The molecule has 0 spiro atoms. The van der Waals surface area contributed by atoms with Crippen LogP contribution in [0.4, 0.5) is 8.78 Å². The van der Waals surface area contributed by atoms with Crippen molar-refractivity contribution < 1.29 is 23.2 Å². The van der Waals surface area contributed by atoms with E-state index >= 15 is 0 Å². The van der Waals surface area contributed by atoms with Crippen molar-refractivity contribution in [3.05, 3.63) is 35.4 Å².